The number of carbonyl (C=O) groups excluding carboxylic acids is 2. The lowest BCUT2D eigenvalue weighted by Crippen LogP contribution is -2.43. The lowest BCUT2D eigenvalue weighted by atomic mass is 10.1. The molecule has 0 heterocycles. The lowest BCUT2D eigenvalue weighted by Gasteiger charge is -2.09. The van der Waals surface area contributed by atoms with Crippen LogP contribution in [0.2, 0.25) is 0 Å². The van der Waals surface area contributed by atoms with Crippen molar-refractivity contribution in [3.05, 3.63) is 65.5 Å². The van der Waals surface area contributed by atoms with E-state index in [2.05, 4.69) is 10.9 Å². The van der Waals surface area contributed by atoms with E-state index >= 15 is 0 Å². The summed E-state index contributed by atoms with van der Waals surface area (Å²) in [5.41, 5.74) is 5.84. The average molecular weight is 341 g/mol. The summed E-state index contributed by atoms with van der Waals surface area (Å²) in [6, 6.07) is 14.1. The lowest BCUT2D eigenvalue weighted by molar-refractivity contribution is -0.130. The standard InChI is InChI=1S/C18H16FN3O3/c19-15-6-1-13(2-7-15)5-10-17(23)21-22-18(24)12-25-16-8-3-14(11-20)4-9-16/h1-4,6-9H,5,10,12H2,(H,21,23)(H,22,24). The largest absolute Gasteiger partial charge is 0.484 e. The van der Waals surface area contributed by atoms with Crippen molar-refractivity contribution in [1.82, 2.24) is 10.9 Å². The van der Waals surface area contributed by atoms with Crippen molar-refractivity contribution in [1.29, 1.82) is 5.26 Å². The van der Waals surface area contributed by atoms with Crippen molar-refractivity contribution in [3.8, 4) is 11.8 Å². The number of aryl methyl sites for hydroxylation is 1. The Hall–Kier alpha value is -3.40. The molecule has 0 saturated heterocycles. The molecule has 0 fully saturated rings. The van der Waals surface area contributed by atoms with Gasteiger partial charge in [-0.05, 0) is 48.4 Å². The third kappa shape index (κ3) is 6.31. The summed E-state index contributed by atoms with van der Waals surface area (Å²) < 4.78 is 18.0. The molecule has 0 aromatic heterocycles. The highest BCUT2D eigenvalue weighted by atomic mass is 19.1. The van der Waals surface area contributed by atoms with Crippen LogP contribution in [-0.2, 0) is 16.0 Å². The topological polar surface area (TPSA) is 91.2 Å². The molecule has 6 nitrogen and oxygen atoms in total. The van der Waals surface area contributed by atoms with Crippen LogP contribution < -0.4 is 15.6 Å². The van der Waals surface area contributed by atoms with E-state index < -0.39 is 5.91 Å². The summed E-state index contributed by atoms with van der Waals surface area (Å²) >= 11 is 0. The summed E-state index contributed by atoms with van der Waals surface area (Å²) in [5, 5.41) is 8.69. The molecule has 0 aliphatic heterocycles. The number of benzene rings is 2. The second-order valence-electron chi connectivity index (χ2n) is 5.15. The number of hydrogen-bond donors (Lipinski definition) is 2. The van der Waals surface area contributed by atoms with Gasteiger partial charge in [0.05, 0.1) is 11.6 Å². The fourth-order valence-corrected chi connectivity index (χ4v) is 1.92. The molecule has 2 aromatic rings. The molecule has 2 aromatic carbocycles. The van der Waals surface area contributed by atoms with Gasteiger partial charge in [-0.2, -0.15) is 5.26 Å². The number of nitrogens with zero attached hydrogens (tertiary/aromatic N) is 1. The van der Waals surface area contributed by atoms with Gasteiger partial charge in [0.25, 0.3) is 5.91 Å². The molecule has 7 heteroatoms. The van der Waals surface area contributed by atoms with Crippen LogP contribution in [0.5, 0.6) is 5.75 Å². The number of halogens is 1. The highest BCUT2D eigenvalue weighted by Gasteiger charge is 2.06. The Labute approximate surface area is 144 Å². The quantitative estimate of drug-likeness (QED) is 0.785. The molecule has 0 unspecified atom stereocenters. The minimum absolute atomic E-state index is 0.155. The van der Waals surface area contributed by atoms with Gasteiger partial charge in [-0.3, -0.25) is 20.4 Å². The minimum atomic E-state index is -0.514. The van der Waals surface area contributed by atoms with Gasteiger partial charge in [0.15, 0.2) is 6.61 Å². The summed E-state index contributed by atoms with van der Waals surface area (Å²) in [6.07, 6.45) is 0.589. The summed E-state index contributed by atoms with van der Waals surface area (Å²) in [5.74, 6) is -0.768. The van der Waals surface area contributed by atoms with Gasteiger partial charge in [-0.15, -0.1) is 0 Å². The van der Waals surface area contributed by atoms with E-state index in [4.69, 9.17) is 10.00 Å². The Balaban J connectivity index is 1.65. The van der Waals surface area contributed by atoms with E-state index in [0.717, 1.165) is 5.56 Å². The fraction of sp³-hybridized carbons (Fsp3) is 0.167. The van der Waals surface area contributed by atoms with Crippen molar-refractivity contribution >= 4 is 11.8 Å². The summed E-state index contributed by atoms with van der Waals surface area (Å²) in [4.78, 5) is 23.3. The SMILES string of the molecule is N#Cc1ccc(OCC(=O)NNC(=O)CCc2ccc(F)cc2)cc1. The highest BCUT2D eigenvalue weighted by molar-refractivity contribution is 5.82. The van der Waals surface area contributed by atoms with E-state index in [1.54, 1.807) is 36.4 Å². The Kier molecular flexibility index (Phi) is 6.48. The number of amides is 2. The Morgan fingerprint density at radius 3 is 2.28 bits per heavy atom. The zero-order valence-electron chi connectivity index (χ0n) is 13.3. The third-order valence-electron chi connectivity index (χ3n) is 3.25. The zero-order chi connectivity index (χ0) is 18.1. The maximum absolute atomic E-state index is 12.8. The maximum Gasteiger partial charge on any atom is 0.276 e. The molecule has 0 bridgehead atoms. The molecule has 2 N–H and O–H groups in total. The second kappa shape index (κ2) is 9.03. The van der Waals surface area contributed by atoms with Gasteiger partial charge in [0.2, 0.25) is 5.91 Å². The number of rotatable bonds is 6. The van der Waals surface area contributed by atoms with Crippen LogP contribution in [0.1, 0.15) is 17.5 Å². The first kappa shape index (κ1) is 17.9. The second-order valence-corrected chi connectivity index (χ2v) is 5.15. The number of hydrazine groups is 1. The van der Waals surface area contributed by atoms with Crippen LogP contribution in [0, 0.1) is 17.1 Å². The molecule has 0 atom stereocenters. The molecule has 2 amide bonds. The summed E-state index contributed by atoms with van der Waals surface area (Å²) in [7, 11) is 0. The predicted molar refractivity (Wildman–Crippen MR) is 87.7 cm³/mol. The van der Waals surface area contributed by atoms with Crippen LogP contribution in [0.4, 0.5) is 4.39 Å². The van der Waals surface area contributed by atoms with Gasteiger partial charge >= 0.3 is 0 Å². The molecule has 0 spiro atoms. The normalized spacial score (nSPS) is 9.76. The highest BCUT2D eigenvalue weighted by Crippen LogP contribution is 2.11. The third-order valence-corrected chi connectivity index (χ3v) is 3.25. The predicted octanol–water partition coefficient (Wildman–Crippen LogP) is 1.86. The average Bonchev–Trinajstić information content (AvgIpc) is 2.64. The first-order valence-electron chi connectivity index (χ1n) is 7.52. The van der Waals surface area contributed by atoms with Gasteiger partial charge < -0.3 is 4.74 Å². The molecule has 0 aliphatic carbocycles. The van der Waals surface area contributed by atoms with Crippen molar-refractivity contribution < 1.29 is 18.7 Å². The first-order chi connectivity index (χ1) is 12.1. The summed E-state index contributed by atoms with van der Waals surface area (Å²) in [6.45, 7) is -0.274. The van der Waals surface area contributed by atoms with Crippen LogP contribution in [0.15, 0.2) is 48.5 Å². The van der Waals surface area contributed by atoms with Crippen molar-refractivity contribution in [3.63, 3.8) is 0 Å². The van der Waals surface area contributed by atoms with Crippen LogP contribution in [-0.4, -0.2) is 18.4 Å². The molecule has 0 saturated carbocycles. The van der Waals surface area contributed by atoms with Crippen LogP contribution >= 0.6 is 0 Å². The number of ether oxygens (including phenoxy) is 1. The smallest absolute Gasteiger partial charge is 0.276 e. The number of hydrogen-bond acceptors (Lipinski definition) is 4. The Morgan fingerprint density at radius 1 is 1.00 bits per heavy atom. The molecular formula is C18H16FN3O3. The van der Waals surface area contributed by atoms with Crippen molar-refractivity contribution in [2.45, 2.75) is 12.8 Å². The molecule has 0 aliphatic rings. The fourth-order valence-electron chi connectivity index (χ4n) is 1.92. The minimum Gasteiger partial charge on any atom is -0.484 e. The van der Waals surface area contributed by atoms with Gasteiger partial charge in [-0.25, -0.2) is 4.39 Å². The molecular weight excluding hydrogens is 325 g/mol. The van der Waals surface area contributed by atoms with Crippen LogP contribution in [0.25, 0.3) is 0 Å². The first-order valence-corrected chi connectivity index (χ1v) is 7.52. The van der Waals surface area contributed by atoms with Crippen molar-refractivity contribution in [2.75, 3.05) is 6.61 Å². The molecule has 2 rings (SSSR count). The molecule has 25 heavy (non-hydrogen) atoms. The van der Waals surface area contributed by atoms with Crippen molar-refractivity contribution in [2.24, 2.45) is 0 Å². The number of nitrogens with one attached hydrogen (secondary N) is 2. The monoisotopic (exact) mass is 341 g/mol. The van der Waals surface area contributed by atoms with E-state index in [1.807, 2.05) is 6.07 Å². The number of nitriles is 1. The Bertz CT molecular complexity index is 768. The van der Waals surface area contributed by atoms with E-state index in [9.17, 15) is 14.0 Å². The zero-order valence-corrected chi connectivity index (χ0v) is 13.3. The molecule has 0 radical (unpaired) electrons. The van der Waals surface area contributed by atoms with E-state index in [-0.39, 0.29) is 24.8 Å². The maximum atomic E-state index is 12.8. The molecule has 128 valence electrons. The van der Waals surface area contributed by atoms with Gasteiger partial charge in [0.1, 0.15) is 11.6 Å². The Morgan fingerprint density at radius 2 is 1.64 bits per heavy atom. The van der Waals surface area contributed by atoms with E-state index in [1.165, 1.54) is 12.1 Å². The van der Waals surface area contributed by atoms with Gasteiger partial charge in [-0.1, -0.05) is 12.1 Å². The van der Waals surface area contributed by atoms with Crippen LogP contribution in [0.3, 0.4) is 0 Å². The van der Waals surface area contributed by atoms with E-state index in [0.29, 0.717) is 17.7 Å². The number of carbonyl (C=O) groups is 2. The van der Waals surface area contributed by atoms with Gasteiger partial charge in [0, 0.05) is 6.42 Å².